The largest absolute Gasteiger partial charge is 0.397 e. The molecule has 1 fully saturated rings. The van der Waals surface area contributed by atoms with E-state index in [9.17, 15) is 0 Å². The van der Waals surface area contributed by atoms with Gasteiger partial charge in [0.2, 0.25) is 0 Å². The summed E-state index contributed by atoms with van der Waals surface area (Å²) in [6.07, 6.45) is 2.43. The highest BCUT2D eigenvalue weighted by molar-refractivity contribution is 6.36. The molecule has 2 aromatic carbocycles. The first-order chi connectivity index (χ1) is 13.9. The molecule has 0 aliphatic carbocycles. The van der Waals surface area contributed by atoms with Gasteiger partial charge in [0.1, 0.15) is 11.5 Å². The van der Waals surface area contributed by atoms with E-state index in [0.29, 0.717) is 15.7 Å². The van der Waals surface area contributed by atoms with Gasteiger partial charge in [-0.3, -0.25) is 9.47 Å². The molecule has 0 atom stereocenters. The summed E-state index contributed by atoms with van der Waals surface area (Å²) in [6, 6.07) is 13.9. The quantitative estimate of drug-likeness (QED) is 0.570. The van der Waals surface area contributed by atoms with Crippen molar-refractivity contribution in [2.75, 3.05) is 13.1 Å². The third-order valence-electron chi connectivity index (χ3n) is 5.31. The molecule has 4 nitrogen and oxygen atoms in total. The molecule has 4 rings (SSSR count). The molecule has 2 N–H and O–H groups in total. The molecule has 0 radical (unpaired) electrons. The Bertz CT molecular complexity index is 1050. The second kappa shape index (κ2) is 8.23. The Kier molecular flexibility index (Phi) is 5.68. The molecule has 0 spiro atoms. The molecule has 1 aliphatic rings. The Labute approximate surface area is 181 Å². The van der Waals surface area contributed by atoms with Crippen LogP contribution in [0.1, 0.15) is 29.8 Å². The van der Waals surface area contributed by atoms with Crippen LogP contribution in [-0.2, 0) is 6.54 Å². The SMILES string of the molecule is C=C(N)c1nc(-c2ccc(Cl)cc2Cl)n(-c2ccc(C)cc2)c1CN1CCCC1. The van der Waals surface area contributed by atoms with Crippen LogP contribution in [0.15, 0.2) is 49.0 Å². The van der Waals surface area contributed by atoms with E-state index in [-0.39, 0.29) is 0 Å². The van der Waals surface area contributed by atoms with Crippen LogP contribution in [0.4, 0.5) is 0 Å². The second-order valence-corrected chi connectivity index (χ2v) is 8.38. The fourth-order valence-corrected chi connectivity index (χ4v) is 4.33. The van der Waals surface area contributed by atoms with Crippen molar-refractivity contribution in [3.63, 3.8) is 0 Å². The van der Waals surface area contributed by atoms with Crippen molar-refractivity contribution in [2.24, 2.45) is 5.73 Å². The number of nitrogens with zero attached hydrogens (tertiary/aromatic N) is 3. The molecule has 0 bridgehead atoms. The van der Waals surface area contributed by atoms with Crippen molar-refractivity contribution >= 4 is 28.9 Å². The molecule has 1 aromatic heterocycles. The number of halogens is 2. The van der Waals surface area contributed by atoms with Crippen LogP contribution in [0.2, 0.25) is 10.0 Å². The Hall–Kier alpha value is -2.27. The average Bonchev–Trinajstić information content (AvgIpc) is 3.31. The molecule has 0 saturated carbocycles. The summed E-state index contributed by atoms with van der Waals surface area (Å²) < 4.78 is 2.15. The smallest absolute Gasteiger partial charge is 0.147 e. The molecule has 150 valence electrons. The number of hydrogen-bond donors (Lipinski definition) is 1. The van der Waals surface area contributed by atoms with Gasteiger partial charge in [0.15, 0.2) is 0 Å². The van der Waals surface area contributed by atoms with E-state index in [1.165, 1.54) is 18.4 Å². The number of aryl methyl sites for hydroxylation is 1. The fourth-order valence-electron chi connectivity index (χ4n) is 3.83. The minimum absolute atomic E-state index is 0.455. The maximum atomic E-state index is 6.56. The number of hydrogen-bond acceptors (Lipinski definition) is 3. The number of aromatic nitrogens is 2. The summed E-state index contributed by atoms with van der Waals surface area (Å²) in [4.78, 5) is 7.33. The molecular formula is C23H24Cl2N4. The zero-order valence-electron chi connectivity index (χ0n) is 16.5. The highest BCUT2D eigenvalue weighted by Crippen LogP contribution is 2.35. The molecule has 0 unspecified atom stereocenters. The van der Waals surface area contributed by atoms with E-state index < -0.39 is 0 Å². The van der Waals surface area contributed by atoms with Gasteiger partial charge in [-0.1, -0.05) is 47.5 Å². The van der Waals surface area contributed by atoms with Crippen molar-refractivity contribution in [1.82, 2.24) is 14.5 Å². The van der Waals surface area contributed by atoms with Gasteiger partial charge in [0.05, 0.1) is 16.4 Å². The zero-order valence-corrected chi connectivity index (χ0v) is 18.0. The normalized spacial score (nSPS) is 14.4. The molecule has 6 heteroatoms. The summed E-state index contributed by atoms with van der Waals surface area (Å²) in [5.74, 6) is 0.742. The van der Waals surface area contributed by atoms with Gasteiger partial charge in [0, 0.05) is 22.8 Å². The predicted octanol–water partition coefficient (Wildman–Crippen LogP) is 5.68. The van der Waals surface area contributed by atoms with Gasteiger partial charge in [-0.25, -0.2) is 4.98 Å². The topological polar surface area (TPSA) is 47.1 Å². The maximum absolute atomic E-state index is 6.56. The van der Waals surface area contributed by atoms with Gasteiger partial charge in [-0.2, -0.15) is 0 Å². The van der Waals surface area contributed by atoms with Gasteiger partial charge >= 0.3 is 0 Å². The summed E-state index contributed by atoms with van der Waals surface area (Å²) in [7, 11) is 0. The first kappa shape index (κ1) is 20.0. The number of likely N-dealkylation sites (tertiary alicyclic amines) is 1. The molecule has 1 saturated heterocycles. The van der Waals surface area contributed by atoms with Crippen LogP contribution in [0.3, 0.4) is 0 Å². The number of rotatable bonds is 5. The maximum Gasteiger partial charge on any atom is 0.147 e. The zero-order chi connectivity index (χ0) is 20.5. The summed E-state index contributed by atoms with van der Waals surface area (Å²) in [5.41, 5.74) is 11.4. The Morgan fingerprint density at radius 2 is 1.79 bits per heavy atom. The van der Waals surface area contributed by atoms with Gasteiger partial charge in [0.25, 0.3) is 0 Å². The van der Waals surface area contributed by atoms with E-state index in [0.717, 1.165) is 48.1 Å². The first-order valence-electron chi connectivity index (χ1n) is 9.75. The summed E-state index contributed by atoms with van der Waals surface area (Å²) >= 11 is 12.7. The number of imidazole rings is 1. The van der Waals surface area contributed by atoms with E-state index in [2.05, 4.69) is 47.2 Å². The fraction of sp³-hybridized carbons (Fsp3) is 0.261. The van der Waals surface area contributed by atoms with E-state index in [4.69, 9.17) is 33.9 Å². The standard InChI is InChI=1S/C23H24Cl2N4/c1-15-5-8-18(9-6-15)29-21(14-28-11-3-4-12-28)22(16(2)26)27-23(29)19-10-7-17(24)13-20(19)25/h5-10,13H,2-4,11-12,14,26H2,1H3. The highest BCUT2D eigenvalue weighted by atomic mass is 35.5. The number of benzene rings is 2. The predicted molar refractivity (Wildman–Crippen MR) is 121 cm³/mol. The summed E-state index contributed by atoms with van der Waals surface area (Å²) in [6.45, 7) is 8.97. The molecule has 0 amide bonds. The molecule has 1 aliphatic heterocycles. The van der Waals surface area contributed by atoms with Crippen LogP contribution < -0.4 is 5.73 Å². The van der Waals surface area contributed by atoms with Crippen LogP contribution in [0, 0.1) is 6.92 Å². The first-order valence-corrected chi connectivity index (χ1v) is 10.5. The summed E-state index contributed by atoms with van der Waals surface area (Å²) in [5, 5.41) is 1.14. The van der Waals surface area contributed by atoms with Crippen LogP contribution in [0.25, 0.3) is 22.8 Å². The third kappa shape index (κ3) is 4.06. The van der Waals surface area contributed by atoms with Crippen molar-refractivity contribution in [1.29, 1.82) is 0 Å². The Morgan fingerprint density at radius 1 is 1.10 bits per heavy atom. The Morgan fingerprint density at radius 3 is 2.41 bits per heavy atom. The van der Waals surface area contributed by atoms with E-state index >= 15 is 0 Å². The molecule has 2 heterocycles. The third-order valence-corrected chi connectivity index (χ3v) is 5.86. The monoisotopic (exact) mass is 426 g/mol. The van der Waals surface area contributed by atoms with Crippen LogP contribution in [0.5, 0.6) is 0 Å². The molecule has 3 aromatic rings. The van der Waals surface area contributed by atoms with E-state index in [1.807, 2.05) is 12.1 Å². The lowest BCUT2D eigenvalue weighted by Gasteiger charge is -2.19. The lowest BCUT2D eigenvalue weighted by molar-refractivity contribution is 0.325. The Balaban J connectivity index is 1.96. The minimum atomic E-state index is 0.455. The highest BCUT2D eigenvalue weighted by Gasteiger charge is 2.24. The van der Waals surface area contributed by atoms with Crippen molar-refractivity contribution in [2.45, 2.75) is 26.3 Å². The van der Waals surface area contributed by atoms with Crippen LogP contribution in [-0.4, -0.2) is 27.5 Å². The van der Waals surface area contributed by atoms with Gasteiger partial charge in [-0.15, -0.1) is 0 Å². The van der Waals surface area contributed by atoms with Gasteiger partial charge in [-0.05, 0) is 63.2 Å². The second-order valence-electron chi connectivity index (χ2n) is 7.53. The van der Waals surface area contributed by atoms with Crippen molar-refractivity contribution in [3.8, 4) is 17.1 Å². The lowest BCUT2D eigenvalue weighted by atomic mass is 10.1. The minimum Gasteiger partial charge on any atom is -0.397 e. The average molecular weight is 427 g/mol. The van der Waals surface area contributed by atoms with E-state index in [1.54, 1.807) is 6.07 Å². The van der Waals surface area contributed by atoms with Gasteiger partial charge < -0.3 is 5.73 Å². The van der Waals surface area contributed by atoms with Crippen molar-refractivity contribution < 1.29 is 0 Å². The molecule has 29 heavy (non-hydrogen) atoms. The van der Waals surface area contributed by atoms with Crippen molar-refractivity contribution in [3.05, 3.63) is 76.0 Å². The van der Waals surface area contributed by atoms with Crippen LogP contribution >= 0.6 is 23.2 Å². The lowest BCUT2D eigenvalue weighted by Crippen LogP contribution is -2.21. The molecular weight excluding hydrogens is 403 g/mol. The number of nitrogens with two attached hydrogens (primary N) is 1.